The van der Waals surface area contributed by atoms with Crippen molar-refractivity contribution in [3.05, 3.63) is 74.8 Å². The van der Waals surface area contributed by atoms with E-state index < -0.39 is 5.82 Å². The molecule has 2 heterocycles. The van der Waals surface area contributed by atoms with E-state index in [0.29, 0.717) is 16.1 Å². The minimum Gasteiger partial charge on any atom is -0.325 e. The molecule has 0 radical (unpaired) electrons. The third kappa shape index (κ3) is 4.63. The molecule has 0 unspecified atom stereocenters. The normalized spacial score (nSPS) is 18.9. The minimum atomic E-state index is -0.545. The molecule has 0 saturated heterocycles. The Bertz CT molecular complexity index is 1330. The topological polar surface area (TPSA) is 64.0 Å². The van der Waals surface area contributed by atoms with Crippen molar-refractivity contribution in [3.8, 4) is 5.69 Å². The fraction of sp³-hybridized carbons (Fsp3) is 0.320. The van der Waals surface area contributed by atoms with Crippen LogP contribution in [0.25, 0.3) is 5.69 Å². The van der Waals surface area contributed by atoms with E-state index in [1.165, 1.54) is 36.4 Å². The van der Waals surface area contributed by atoms with Gasteiger partial charge in [0, 0.05) is 16.9 Å². The summed E-state index contributed by atoms with van der Waals surface area (Å²) >= 11 is 8.74. The van der Waals surface area contributed by atoms with Crippen molar-refractivity contribution >= 4 is 46.7 Å². The molecule has 1 aliphatic carbocycles. The molecular formula is C25H23ClFN3O2S2. The van der Waals surface area contributed by atoms with Crippen molar-refractivity contribution in [2.75, 3.05) is 11.1 Å². The predicted octanol–water partition coefficient (Wildman–Crippen LogP) is 6.20. The van der Waals surface area contributed by atoms with Crippen molar-refractivity contribution in [1.82, 2.24) is 9.55 Å². The summed E-state index contributed by atoms with van der Waals surface area (Å²) in [4.78, 5) is 31.3. The van der Waals surface area contributed by atoms with Gasteiger partial charge in [-0.15, -0.1) is 11.8 Å². The Morgan fingerprint density at radius 1 is 1.26 bits per heavy atom. The summed E-state index contributed by atoms with van der Waals surface area (Å²) in [5.74, 6) is -0.546. The number of benzene rings is 2. The SMILES string of the molecule is Cc1cccc(-n2c(SCC(=O)Nc3ccc(F)c(Cl)c3)nc3c(c2=O)[C@@H]2CCCC[C@@H]2S3)c1. The summed E-state index contributed by atoms with van der Waals surface area (Å²) in [7, 11) is 0. The van der Waals surface area contributed by atoms with Gasteiger partial charge in [-0.2, -0.15) is 0 Å². The van der Waals surface area contributed by atoms with Crippen LogP contribution in [0.1, 0.15) is 42.7 Å². The largest absolute Gasteiger partial charge is 0.325 e. The maximum Gasteiger partial charge on any atom is 0.263 e. The van der Waals surface area contributed by atoms with Crippen LogP contribution in [0.2, 0.25) is 5.02 Å². The Hall–Kier alpha value is -2.29. The first-order chi connectivity index (χ1) is 16.4. The number of carbonyl (C=O) groups is 1. The molecule has 3 aromatic rings. The second-order valence-electron chi connectivity index (χ2n) is 8.61. The summed E-state index contributed by atoms with van der Waals surface area (Å²) in [6.07, 6.45) is 4.43. The molecule has 5 rings (SSSR count). The fourth-order valence-electron chi connectivity index (χ4n) is 4.61. The van der Waals surface area contributed by atoms with Crippen molar-refractivity contribution < 1.29 is 9.18 Å². The second-order valence-corrected chi connectivity index (χ2v) is 11.2. The van der Waals surface area contributed by atoms with Crippen LogP contribution in [0.4, 0.5) is 10.1 Å². The molecule has 34 heavy (non-hydrogen) atoms. The molecule has 1 saturated carbocycles. The lowest BCUT2D eigenvalue weighted by Crippen LogP contribution is -2.29. The molecule has 2 atom stereocenters. The Morgan fingerprint density at radius 3 is 2.88 bits per heavy atom. The molecule has 1 aliphatic heterocycles. The molecule has 1 aromatic heterocycles. The average Bonchev–Trinajstić information content (AvgIpc) is 3.19. The molecule has 2 aromatic carbocycles. The predicted molar refractivity (Wildman–Crippen MR) is 136 cm³/mol. The highest BCUT2D eigenvalue weighted by Crippen LogP contribution is 2.50. The van der Waals surface area contributed by atoms with E-state index in [1.807, 2.05) is 31.2 Å². The van der Waals surface area contributed by atoms with Gasteiger partial charge in [-0.05, 0) is 55.7 Å². The van der Waals surface area contributed by atoms with Gasteiger partial charge in [-0.3, -0.25) is 14.2 Å². The van der Waals surface area contributed by atoms with Gasteiger partial charge >= 0.3 is 0 Å². The van der Waals surface area contributed by atoms with Gasteiger partial charge in [0.25, 0.3) is 5.56 Å². The van der Waals surface area contributed by atoms with Gasteiger partial charge in [0.05, 0.1) is 22.0 Å². The summed E-state index contributed by atoms with van der Waals surface area (Å²) in [5.41, 5.74) is 2.99. The molecule has 1 N–H and O–H groups in total. The Kier molecular flexibility index (Phi) is 6.73. The molecule has 5 nitrogen and oxygen atoms in total. The summed E-state index contributed by atoms with van der Waals surface area (Å²) < 4.78 is 15.1. The van der Waals surface area contributed by atoms with Gasteiger partial charge in [0.2, 0.25) is 5.91 Å². The number of nitrogens with zero attached hydrogens (tertiary/aromatic N) is 2. The number of halogens is 2. The lowest BCUT2D eigenvalue weighted by molar-refractivity contribution is -0.113. The van der Waals surface area contributed by atoms with Gasteiger partial charge < -0.3 is 5.32 Å². The molecule has 0 bridgehead atoms. The first kappa shape index (κ1) is 23.5. The lowest BCUT2D eigenvalue weighted by Gasteiger charge is -2.24. The number of carbonyl (C=O) groups excluding carboxylic acids is 1. The maximum absolute atomic E-state index is 13.8. The number of thioether (sulfide) groups is 2. The van der Waals surface area contributed by atoms with Crippen molar-refractivity contribution in [1.29, 1.82) is 0 Å². The van der Waals surface area contributed by atoms with Crippen LogP contribution in [-0.4, -0.2) is 26.5 Å². The number of fused-ring (bicyclic) bond motifs is 3. The number of aromatic nitrogens is 2. The number of rotatable bonds is 5. The maximum atomic E-state index is 13.8. The highest BCUT2D eigenvalue weighted by atomic mass is 35.5. The summed E-state index contributed by atoms with van der Waals surface area (Å²) in [6.45, 7) is 1.98. The van der Waals surface area contributed by atoms with Crippen molar-refractivity contribution in [2.45, 2.75) is 54.0 Å². The zero-order valence-electron chi connectivity index (χ0n) is 18.5. The average molecular weight is 516 g/mol. The van der Waals surface area contributed by atoms with E-state index in [0.717, 1.165) is 41.1 Å². The van der Waals surface area contributed by atoms with E-state index in [2.05, 4.69) is 5.32 Å². The van der Waals surface area contributed by atoms with Crippen LogP contribution in [0, 0.1) is 12.7 Å². The molecule has 1 amide bonds. The smallest absolute Gasteiger partial charge is 0.263 e. The van der Waals surface area contributed by atoms with Gasteiger partial charge in [0.1, 0.15) is 10.8 Å². The first-order valence-electron chi connectivity index (χ1n) is 11.2. The molecule has 9 heteroatoms. The van der Waals surface area contributed by atoms with Crippen LogP contribution in [-0.2, 0) is 4.79 Å². The molecule has 2 aliphatic rings. The van der Waals surface area contributed by atoms with E-state index in [-0.39, 0.29) is 28.2 Å². The van der Waals surface area contributed by atoms with Crippen LogP contribution in [0.3, 0.4) is 0 Å². The van der Waals surface area contributed by atoms with E-state index >= 15 is 0 Å². The van der Waals surface area contributed by atoms with Gasteiger partial charge in [0.15, 0.2) is 5.16 Å². The Balaban J connectivity index is 1.46. The summed E-state index contributed by atoms with van der Waals surface area (Å²) in [6, 6.07) is 11.8. The number of anilines is 1. The Morgan fingerprint density at radius 2 is 2.09 bits per heavy atom. The zero-order chi connectivity index (χ0) is 23.8. The van der Waals surface area contributed by atoms with Crippen molar-refractivity contribution in [2.24, 2.45) is 0 Å². The third-order valence-electron chi connectivity index (χ3n) is 6.18. The fourth-order valence-corrected chi connectivity index (χ4v) is 7.16. The molecule has 0 spiro atoms. The number of amides is 1. The molecular weight excluding hydrogens is 493 g/mol. The van der Waals surface area contributed by atoms with Gasteiger partial charge in [-0.1, -0.05) is 48.3 Å². The monoisotopic (exact) mass is 515 g/mol. The van der Waals surface area contributed by atoms with E-state index in [9.17, 15) is 14.0 Å². The first-order valence-corrected chi connectivity index (χ1v) is 13.4. The van der Waals surface area contributed by atoms with Crippen LogP contribution in [0.5, 0.6) is 0 Å². The lowest BCUT2D eigenvalue weighted by atomic mass is 9.85. The zero-order valence-corrected chi connectivity index (χ0v) is 20.9. The summed E-state index contributed by atoms with van der Waals surface area (Å²) in [5, 5.41) is 4.37. The van der Waals surface area contributed by atoms with E-state index in [4.69, 9.17) is 16.6 Å². The molecule has 1 fully saturated rings. The standard InChI is InChI=1S/C25H23ClFN3O2S2/c1-14-5-4-6-16(11-14)30-24(32)22-17-7-2-3-8-20(17)34-23(22)29-25(30)33-13-21(31)28-15-9-10-19(27)18(26)12-15/h4-6,9-12,17,20H,2-3,7-8,13H2,1H3,(H,28,31)/t17-,20+/m1/s1. The number of nitrogens with one attached hydrogen (secondary N) is 1. The third-order valence-corrected chi connectivity index (χ3v) is 8.81. The quantitative estimate of drug-likeness (QED) is 0.249. The highest BCUT2D eigenvalue weighted by molar-refractivity contribution is 8.00. The minimum absolute atomic E-state index is 0.0364. The Labute approximate surface area is 210 Å². The van der Waals surface area contributed by atoms with Crippen LogP contribution in [0.15, 0.2) is 57.4 Å². The second kappa shape index (κ2) is 9.76. The van der Waals surface area contributed by atoms with Crippen molar-refractivity contribution in [3.63, 3.8) is 0 Å². The highest BCUT2D eigenvalue weighted by Gasteiger charge is 2.39. The number of hydrogen-bond acceptors (Lipinski definition) is 5. The van der Waals surface area contributed by atoms with Gasteiger partial charge in [-0.25, -0.2) is 9.37 Å². The van der Waals surface area contributed by atoms with Crippen LogP contribution < -0.4 is 10.9 Å². The van der Waals surface area contributed by atoms with Crippen LogP contribution >= 0.6 is 35.1 Å². The van der Waals surface area contributed by atoms with E-state index in [1.54, 1.807) is 16.3 Å². The number of hydrogen-bond donors (Lipinski definition) is 1. The number of aryl methyl sites for hydroxylation is 1. The molecule has 176 valence electrons.